The van der Waals surface area contributed by atoms with Crippen LogP contribution in [0, 0.1) is 6.92 Å². The number of aromatic nitrogens is 4. The lowest BCUT2D eigenvalue weighted by atomic mass is 10.2. The van der Waals surface area contributed by atoms with Crippen LogP contribution in [0.2, 0.25) is 0 Å². The monoisotopic (exact) mass is 284 g/mol. The Morgan fingerprint density at radius 2 is 1.85 bits per heavy atom. The zero-order valence-corrected chi connectivity index (χ0v) is 11.6. The van der Waals surface area contributed by atoms with Gasteiger partial charge in [-0.15, -0.1) is 0 Å². The molecule has 3 aromatic rings. The Morgan fingerprint density at radius 3 is 2.65 bits per heavy atom. The molecule has 0 radical (unpaired) electrons. The number of aromatic hydroxyl groups is 1. The second kappa shape index (κ2) is 5.42. The van der Waals surface area contributed by atoms with Crippen LogP contribution in [0.25, 0.3) is 11.0 Å². The summed E-state index contributed by atoms with van der Waals surface area (Å²) in [5.41, 5.74) is 3.63. The molecule has 3 rings (SSSR count). The highest BCUT2D eigenvalue weighted by Crippen LogP contribution is 2.22. The average Bonchev–Trinajstić information content (AvgIpc) is 2.44. The largest absolute Gasteiger partial charge is 0.493 e. The topological polar surface area (TPSA) is 71.8 Å². The first-order valence-electron chi connectivity index (χ1n) is 6.08. The fourth-order valence-electron chi connectivity index (χ4n) is 1.84. The molecular weight excluding hydrogens is 272 g/mol. The maximum atomic E-state index is 9.45. The van der Waals surface area contributed by atoms with E-state index < -0.39 is 0 Å². The lowest BCUT2D eigenvalue weighted by molar-refractivity contribution is 0.444. The van der Waals surface area contributed by atoms with Crippen LogP contribution in [0.3, 0.4) is 0 Å². The number of thioether (sulfide) groups is 1. The minimum Gasteiger partial charge on any atom is -0.493 e. The minimum atomic E-state index is 0.00405. The van der Waals surface area contributed by atoms with Gasteiger partial charge in [-0.3, -0.25) is 9.97 Å². The molecule has 2 aromatic heterocycles. The summed E-state index contributed by atoms with van der Waals surface area (Å²) in [5, 5.41) is 10.0. The van der Waals surface area contributed by atoms with Gasteiger partial charge >= 0.3 is 0 Å². The summed E-state index contributed by atoms with van der Waals surface area (Å²) in [6, 6.07) is 7.51. The highest BCUT2D eigenvalue weighted by atomic mass is 32.2. The van der Waals surface area contributed by atoms with E-state index in [2.05, 4.69) is 19.9 Å². The van der Waals surface area contributed by atoms with Crippen molar-refractivity contribution in [1.29, 1.82) is 0 Å². The number of hydrogen-bond donors (Lipinski definition) is 1. The number of benzene rings is 1. The Balaban J connectivity index is 1.79. The standard InChI is InChI=1S/C14H12N4OS/c1-9-6-13(19)18-14(17-9)20-8-10-2-3-11-12(7-10)16-5-4-15-11/h2-7H,8H2,1H3,(H,17,18,19). The van der Waals surface area contributed by atoms with Crippen LogP contribution in [0.5, 0.6) is 5.88 Å². The molecule has 0 aliphatic carbocycles. The molecule has 0 spiro atoms. The van der Waals surface area contributed by atoms with Gasteiger partial charge in [0.15, 0.2) is 5.16 Å². The molecule has 1 N–H and O–H groups in total. The van der Waals surface area contributed by atoms with E-state index in [0.717, 1.165) is 28.0 Å². The summed E-state index contributed by atoms with van der Waals surface area (Å²) in [4.78, 5) is 16.8. The molecule has 1 aromatic carbocycles. The van der Waals surface area contributed by atoms with Crippen LogP contribution in [-0.4, -0.2) is 25.0 Å². The maximum absolute atomic E-state index is 9.45. The molecule has 0 saturated carbocycles. The predicted octanol–water partition coefficient (Wildman–Crippen LogP) is 2.73. The van der Waals surface area contributed by atoms with Crippen molar-refractivity contribution >= 4 is 22.8 Å². The Morgan fingerprint density at radius 1 is 1.05 bits per heavy atom. The maximum Gasteiger partial charge on any atom is 0.215 e. The van der Waals surface area contributed by atoms with E-state index in [-0.39, 0.29) is 5.88 Å². The Kier molecular flexibility index (Phi) is 3.47. The van der Waals surface area contributed by atoms with Gasteiger partial charge in [0.1, 0.15) is 0 Å². The third-order valence-electron chi connectivity index (χ3n) is 2.72. The van der Waals surface area contributed by atoms with Crippen molar-refractivity contribution in [3.8, 4) is 5.88 Å². The summed E-state index contributed by atoms with van der Waals surface area (Å²) >= 11 is 1.48. The second-order valence-electron chi connectivity index (χ2n) is 4.32. The highest BCUT2D eigenvalue weighted by Gasteiger charge is 2.04. The lowest BCUT2D eigenvalue weighted by Gasteiger charge is -2.03. The van der Waals surface area contributed by atoms with Crippen LogP contribution in [0.15, 0.2) is 41.8 Å². The molecule has 6 heteroatoms. The molecule has 0 fully saturated rings. The van der Waals surface area contributed by atoms with E-state index in [1.165, 1.54) is 17.8 Å². The zero-order chi connectivity index (χ0) is 13.9. The van der Waals surface area contributed by atoms with Gasteiger partial charge in [-0.2, -0.15) is 4.98 Å². The summed E-state index contributed by atoms with van der Waals surface area (Å²) in [6.07, 6.45) is 3.36. The van der Waals surface area contributed by atoms with E-state index in [1.807, 2.05) is 25.1 Å². The molecule has 0 amide bonds. The van der Waals surface area contributed by atoms with Crippen LogP contribution in [0.4, 0.5) is 0 Å². The van der Waals surface area contributed by atoms with Crippen LogP contribution < -0.4 is 0 Å². The summed E-state index contributed by atoms with van der Waals surface area (Å²) in [6.45, 7) is 1.83. The van der Waals surface area contributed by atoms with Crippen LogP contribution in [-0.2, 0) is 5.75 Å². The third-order valence-corrected chi connectivity index (χ3v) is 3.64. The van der Waals surface area contributed by atoms with Crippen molar-refractivity contribution in [2.75, 3.05) is 0 Å². The lowest BCUT2D eigenvalue weighted by Crippen LogP contribution is -1.91. The molecule has 0 bridgehead atoms. The van der Waals surface area contributed by atoms with E-state index in [4.69, 9.17) is 0 Å². The fourth-order valence-corrected chi connectivity index (χ4v) is 2.68. The third kappa shape index (κ3) is 2.85. The summed E-state index contributed by atoms with van der Waals surface area (Å²) < 4.78 is 0. The Labute approximate surface area is 120 Å². The fraction of sp³-hybridized carbons (Fsp3) is 0.143. The molecule has 20 heavy (non-hydrogen) atoms. The van der Waals surface area contributed by atoms with Gasteiger partial charge in [-0.1, -0.05) is 17.8 Å². The van der Waals surface area contributed by atoms with Crippen molar-refractivity contribution in [2.45, 2.75) is 17.8 Å². The van der Waals surface area contributed by atoms with E-state index >= 15 is 0 Å². The predicted molar refractivity (Wildman–Crippen MR) is 77.5 cm³/mol. The zero-order valence-electron chi connectivity index (χ0n) is 10.8. The normalized spacial score (nSPS) is 10.8. The van der Waals surface area contributed by atoms with Gasteiger partial charge in [-0.05, 0) is 24.6 Å². The Bertz CT molecular complexity index is 743. The first-order chi connectivity index (χ1) is 9.70. The summed E-state index contributed by atoms with van der Waals surface area (Å²) in [5.74, 6) is 0.722. The number of hydrogen-bond acceptors (Lipinski definition) is 6. The van der Waals surface area contributed by atoms with Gasteiger partial charge in [-0.25, -0.2) is 4.98 Å². The quantitative estimate of drug-likeness (QED) is 0.589. The average molecular weight is 284 g/mol. The van der Waals surface area contributed by atoms with E-state index in [0.29, 0.717) is 5.16 Å². The molecule has 2 heterocycles. The van der Waals surface area contributed by atoms with Crippen LogP contribution >= 0.6 is 11.8 Å². The first kappa shape index (κ1) is 12.8. The molecule has 0 aliphatic rings. The number of aryl methyl sites for hydroxylation is 1. The molecule has 0 saturated heterocycles. The van der Waals surface area contributed by atoms with Crippen molar-refractivity contribution in [3.05, 3.63) is 47.9 Å². The van der Waals surface area contributed by atoms with Gasteiger partial charge in [0.05, 0.1) is 11.0 Å². The molecular formula is C14H12N4OS. The molecule has 0 aliphatic heterocycles. The SMILES string of the molecule is Cc1cc(O)nc(SCc2ccc3nccnc3c2)n1. The van der Waals surface area contributed by atoms with E-state index in [1.54, 1.807) is 12.4 Å². The van der Waals surface area contributed by atoms with Crippen LogP contribution in [0.1, 0.15) is 11.3 Å². The van der Waals surface area contributed by atoms with E-state index in [9.17, 15) is 5.11 Å². The second-order valence-corrected chi connectivity index (χ2v) is 5.26. The molecule has 100 valence electrons. The molecule has 0 unspecified atom stereocenters. The van der Waals surface area contributed by atoms with Crippen molar-refractivity contribution in [2.24, 2.45) is 0 Å². The number of fused-ring (bicyclic) bond motifs is 1. The van der Waals surface area contributed by atoms with Crippen molar-refractivity contribution in [3.63, 3.8) is 0 Å². The van der Waals surface area contributed by atoms with Gasteiger partial charge < -0.3 is 5.11 Å². The number of rotatable bonds is 3. The molecule has 5 nitrogen and oxygen atoms in total. The van der Waals surface area contributed by atoms with Crippen molar-refractivity contribution < 1.29 is 5.11 Å². The van der Waals surface area contributed by atoms with Gasteiger partial charge in [0.2, 0.25) is 5.88 Å². The smallest absolute Gasteiger partial charge is 0.215 e. The Hall–Kier alpha value is -2.21. The first-order valence-corrected chi connectivity index (χ1v) is 7.06. The molecule has 0 atom stereocenters. The summed E-state index contributed by atoms with van der Waals surface area (Å²) in [7, 11) is 0. The highest BCUT2D eigenvalue weighted by molar-refractivity contribution is 7.98. The minimum absolute atomic E-state index is 0.00405. The van der Waals surface area contributed by atoms with Gasteiger partial charge in [0, 0.05) is 29.9 Å². The van der Waals surface area contributed by atoms with Crippen molar-refractivity contribution in [1.82, 2.24) is 19.9 Å². The number of nitrogens with zero attached hydrogens (tertiary/aromatic N) is 4. The van der Waals surface area contributed by atoms with Gasteiger partial charge in [0.25, 0.3) is 0 Å².